The summed E-state index contributed by atoms with van der Waals surface area (Å²) < 4.78 is 0. The maximum Gasteiger partial charge on any atom is 0.283 e. The third-order valence-corrected chi connectivity index (χ3v) is 7.50. The highest BCUT2D eigenvalue weighted by molar-refractivity contribution is 8.27. The minimum Gasteiger partial charge on any atom is -0.282 e. The molecular formula is C29H22N4OS. The molecule has 0 spiro atoms. The Morgan fingerprint density at radius 2 is 1.57 bits per heavy atom. The number of hydrogen-bond donors (Lipinski definition) is 1. The lowest BCUT2D eigenvalue weighted by atomic mass is 9.95. The number of hydrogen-bond acceptors (Lipinski definition) is 4. The summed E-state index contributed by atoms with van der Waals surface area (Å²) in [5.74, 6) is -0.260. The van der Waals surface area contributed by atoms with Crippen molar-refractivity contribution in [2.75, 3.05) is 0 Å². The lowest BCUT2D eigenvalue weighted by molar-refractivity contribution is -0.114. The Hall–Kier alpha value is -4.03. The molecule has 0 aromatic heterocycles. The normalized spacial score (nSPS) is 17.6. The fraction of sp³-hybridized carbons (Fsp3) is 0.103. The number of fused-ring (bicyclic) bond motifs is 3. The van der Waals surface area contributed by atoms with Gasteiger partial charge in [-0.1, -0.05) is 85.8 Å². The summed E-state index contributed by atoms with van der Waals surface area (Å²) in [6, 6.07) is 28.6. The predicted octanol–water partition coefficient (Wildman–Crippen LogP) is 6.81. The van der Waals surface area contributed by atoms with Crippen molar-refractivity contribution in [3.05, 3.63) is 102 Å². The van der Waals surface area contributed by atoms with Crippen molar-refractivity contribution in [3.8, 4) is 0 Å². The molecule has 1 atom stereocenters. The number of rotatable bonds is 4. The van der Waals surface area contributed by atoms with Gasteiger partial charge >= 0.3 is 0 Å². The maximum atomic E-state index is 13.2. The summed E-state index contributed by atoms with van der Waals surface area (Å²) in [6.07, 6.45) is 2.67. The lowest BCUT2D eigenvalue weighted by Gasteiger charge is -2.20. The van der Waals surface area contributed by atoms with E-state index in [1.807, 2.05) is 60.7 Å². The molecule has 0 saturated heterocycles. The highest BCUT2D eigenvalue weighted by atomic mass is 32.2. The third-order valence-electron chi connectivity index (χ3n) is 6.48. The van der Waals surface area contributed by atoms with Crippen LogP contribution in [0.2, 0.25) is 0 Å². The SMILES string of the molecule is CCC(C1=NN2C(=N)/C(=C\c3c4ccccc4cc4ccccc34)C(=O)N=C2S1)c1ccccc1. The predicted molar refractivity (Wildman–Crippen MR) is 146 cm³/mol. The molecule has 0 radical (unpaired) electrons. The van der Waals surface area contributed by atoms with Gasteiger partial charge in [-0.05, 0) is 63.0 Å². The van der Waals surface area contributed by atoms with Crippen molar-refractivity contribution in [1.82, 2.24) is 5.01 Å². The smallest absolute Gasteiger partial charge is 0.282 e. The molecule has 170 valence electrons. The number of hydrazone groups is 1. The first-order valence-corrected chi connectivity index (χ1v) is 12.4. The second kappa shape index (κ2) is 8.64. The topological polar surface area (TPSA) is 68.9 Å². The van der Waals surface area contributed by atoms with E-state index in [0.717, 1.165) is 44.1 Å². The molecule has 4 aromatic carbocycles. The molecule has 0 bridgehead atoms. The van der Waals surface area contributed by atoms with Crippen LogP contribution in [-0.2, 0) is 4.79 Å². The van der Waals surface area contributed by atoms with Crippen molar-refractivity contribution in [2.24, 2.45) is 10.1 Å². The van der Waals surface area contributed by atoms with Gasteiger partial charge in [0.05, 0.1) is 5.57 Å². The van der Waals surface area contributed by atoms with Gasteiger partial charge in [0.2, 0.25) is 5.17 Å². The molecule has 6 heteroatoms. The molecule has 2 heterocycles. The van der Waals surface area contributed by atoms with E-state index in [2.05, 4.69) is 42.2 Å². The molecule has 0 saturated carbocycles. The highest BCUT2D eigenvalue weighted by Gasteiger charge is 2.37. The van der Waals surface area contributed by atoms with E-state index in [1.54, 1.807) is 0 Å². The van der Waals surface area contributed by atoms with Crippen molar-refractivity contribution < 1.29 is 4.79 Å². The molecule has 6 rings (SSSR count). The van der Waals surface area contributed by atoms with Crippen LogP contribution in [0.4, 0.5) is 0 Å². The van der Waals surface area contributed by atoms with Crippen LogP contribution in [0.25, 0.3) is 27.6 Å². The summed E-state index contributed by atoms with van der Waals surface area (Å²) in [4.78, 5) is 17.5. The Kier molecular flexibility index (Phi) is 5.30. The maximum absolute atomic E-state index is 13.2. The van der Waals surface area contributed by atoms with E-state index in [4.69, 9.17) is 10.5 Å². The summed E-state index contributed by atoms with van der Waals surface area (Å²) in [7, 11) is 0. The summed E-state index contributed by atoms with van der Waals surface area (Å²) >= 11 is 1.38. The van der Waals surface area contributed by atoms with Crippen LogP contribution in [0.15, 0.2) is 101 Å². The van der Waals surface area contributed by atoms with Crippen molar-refractivity contribution >= 4 is 61.3 Å². The van der Waals surface area contributed by atoms with Gasteiger partial charge in [-0.15, -0.1) is 0 Å². The van der Waals surface area contributed by atoms with Crippen LogP contribution in [0.1, 0.15) is 30.4 Å². The van der Waals surface area contributed by atoms with E-state index in [-0.39, 0.29) is 17.3 Å². The number of nitrogens with one attached hydrogen (secondary N) is 1. The molecule has 4 aromatic rings. The van der Waals surface area contributed by atoms with Crippen molar-refractivity contribution in [3.63, 3.8) is 0 Å². The van der Waals surface area contributed by atoms with E-state index >= 15 is 0 Å². The van der Waals surface area contributed by atoms with Gasteiger partial charge in [-0.2, -0.15) is 15.1 Å². The molecule has 35 heavy (non-hydrogen) atoms. The fourth-order valence-electron chi connectivity index (χ4n) is 4.73. The number of amides is 1. The van der Waals surface area contributed by atoms with Crippen LogP contribution in [0.3, 0.4) is 0 Å². The first kappa shape index (κ1) is 21.5. The van der Waals surface area contributed by atoms with E-state index < -0.39 is 5.91 Å². The second-order valence-electron chi connectivity index (χ2n) is 8.56. The molecular weight excluding hydrogens is 452 g/mol. The Balaban J connectivity index is 1.45. The lowest BCUT2D eigenvalue weighted by Crippen LogP contribution is -2.35. The second-order valence-corrected chi connectivity index (χ2v) is 9.55. The number of benzene rings is 4. The van der Waals surface area contributed by atoms with Gasteiger partial charge in [-0.25, -0.2) is 0 Å². The number of nitrogens with zero attached hydrogens (tertiary/aromatic N) is 3. The Morgan fingerprint density at radius 3 is 2.23 bits per heavy atom. The van der Waals surface area contributed by atoms with Gasteiger partial charge in [0.1, 0.15) is 5.04 Å². The van der Waals surface area contributed by atoms with E-state index in [1.165, 1.54) is 16.8 Å². The molecule has 0 fully saturated rings. The van der Waals surface area contributed by atoms with E-state index in [0.29, 0.717) is 5.17 Å². The number of aliphatic imine (C=N–C) groups is 1. The molecule has 0 aliphatic carbocycles. The summed E-state index contributed by atoms with van der Waals surface area (Å²) in [6.45, 7) is 2.12. The molecule has 5 nitrogen and oxygen atoms in total. The summed E-state index contributed by atoms with van der Waals surface area (Å²) in [5.41, 5.74) is 2.32. The van der Waals surface area contributed by atoms with Gasteiger partial charge < -0.3 is 0 Å². The fourth-order valence-corrected chi connectivity index (χ4v) is 5.84. The van der Waals surface area contributed by atoms with Crippen molar-refractivity contribution in [1.29, 1.82) is 5.41 Å². The Morgan fingerprint density at radius 1 is 0.943 bits per heavy atom. The first-order valence-electron chi connectivity index (χ1n) is 11.6. The number of carbonyl (C=O) groups is 1. The van der Waals surface area contributed by atoms with Gasteiger partial charge in [0.15, 0.2) is 5.84 Å². The zero-order chi connectivity index (χ0) is 23.9. The quantitative estimate of drug-likeness (QED) is 0.261. The average molecular weight is 475 g/mol. The Labute approximate surface area is 207 Å². The van der Waals surface area contributed by atoms with Gasteiger partial charge in [-0.3, -0.25) is 10.2 Å². The zero-order valence-electron chi connectivity index (χ0n) is 19.1. The molecule has 1 N–H and O–H groups in total. The van der Waals surface area contributed by atoms with Crippen LogP contribution in [-0.4, -0.2) is 27.0 Å². The standard InChI is InChI=1S/C29H22N4OS/c1-2-21(18-10-4-3-5-11-18)28-32-33-26(30)25(27(34)31-29(33)35-28)17-24-22-14-8-6-12-19(22)16-20-13-7-9-15-23(20)24/h3-17,21,30H,2H2,1H3/b25-17+,30-26?. The average Bonchev–Trinajstić information content (AvgIpc) is 3.30. The van der Waals surface area contributed by atoms with E-state index in [9.17, 15) is 4.79 Å². The molecule has 2 aliphatic heterocycles. The highest BCUT2D eigenvalue weighted by Crippen LogP contribution is 2.37. The van der Waals surface area contributed by atoms with Crippen LogP contribution in [0, 0.1) is 5.41 Å². The zero-order valence-corrected chi connectivity index (χ0v) is 19.9. The monoisotopic (exact) mass is 474 g/mol. The number of amidine groups is 2. The molecule has 2 aliphatic rings. The Bertz CT molecular complexity index is 1550. The molecule has 1 unspecified atom stereocenters. The van der Waals surface area contributed by atoms with Gasteiger partial charge in [0.25, 0.3) is 5.91 Å². The minimum atomic E-state index is -0.407. The third kappa shape index (κ3) is 3.67. The van der Waals surface area contributed by atoms with Gasteiger partial charge in [0, 0.05) is 5.92 Å². The van der Waals surface area contributed by atoms with Crippen LogP contribution < -0.4 is 0 Å². The molecule has 1 amide bonds. The first-order chi connectivity index (χ1) is 17.1. The van der Waals surface area contributed by atoms with Crippen molar-refractivity contribution in [2.45, 2.75) is 19.3 Å². The number of carbonyl (C=O) groups excluding carboxylic acids is 1. The van der Waals surface area contributed by atoms with Crippen LogP contribution in [0.5, 0.6) is 0 Å². The minimum absolute atomic E-state index is 0.0578. The number of thioether (sulfide) groups is 1. The van der Waals surface area contributed by atoms with Crippen LogP contribution >= 0.6 is 11.8 Å². The summed E-state index contributed by atoms with van der Waals surface area (Å²) in [5, 5.41) is 20.7. The largest absolute Gasteiger partial charge is 0.283 e.